The fourth-order valence-electron chi connectivity index (χ4n) is 2.68. The Morgan fingerprint density at radius 2 is 1.96 bits per heavy atom. The Balaban J connectivity index is 0.00000225. The van der Waals surface area contributed by atoms with E-state index in [1.54, 1.807) is 7.05 Å². The first-order valence-electron chi connectivity index (χ1n) is 8.54. The van der Waals surface area contributed by atoms with Crippen molar-refractivity contribution in [3.8, 4) is 5.75 Å². The van der Waals surface area contributed by atoms with Gasteiger partial charge in [0.1, 0.15) is 5.75 Å². The van der Waals surface area contributed by atoms with Gasteiger partial charge in [-0.3, -0.25) is 4.99 Å². The number of nitrogens with one attached hydrogen (secondary N) is 2. The monoisotopic (exact) mass is 454 g/mol. The molecule has 0 radical (unpaired) electrons. The maximum Gasteiger partial charge on any atom is 0.191 e. The molecule has 0 amide bonds. The maximum absolute atomic E-state index is 6.08. The van der Waals surface area contributed by atoms with Crippen LogP contribution in [0.3, 0.4) is 0 Å². The smallest absolute Gasteiger partial charge is 0.191 e. The first-order chi connectivity index (χ1) is 11.7. The first kappa shape index (κ1) is 19.6. The average Bonchev–Trinajstić information content (AvgIpc) is 2.97. The molecular weight excluding hydrogens is 427 g/mol. The van der Waals surface area contributed by atoms with Crippen LogP contribution in [0.25, 0.3) is 0 Å². The Morgan fingerprint density at radius 1 is 1.20 bits per heavy atom. The molecule has 6 heteroatoms. The maximum atomic E-state index is 6.08. The number of aliphatic imine (C=N–C) groups is 1. The summed E-state index contributed by atoms with van der Waals surface area (Å²) < 4.78 is 8.12. The lowest BCUT2D eigenvalue weighted by atomic mass is 9.96. The zero-order valence-electron chi connectivity index (χ0n) is 14.9. The van der Waals surface area contributed by atoms with Crippen molar-refractivity contribution in [3.05, 3.63) is 53.9 Å². The molecule has 1 aliphatic carbocycles. The molecular formula is C19H27IN4O. The Bertz CT molecular complexity index is 694. The van der Waals surface area contributed by atoms with E-state index in [2.05, 4.69) is 40.0 Å². The van der Waals surface area contributed by atoms with Gasteiger partial charge in [0.15, 0.2) is 5.96 Å². The van der Waals surface area contributed by atoms with Gasteiger partial charge < -0.3 is 19.9 Å². The lowest BCUT2D eigenvalue weighted by molar-refractivity contribution is 0.119. The second-order valence-electron chi connectivity index (χ2n) is 6.24. The molecule has 3 rings (SSSR count). The van der Waals surface area contributed by atoms with Gasteiger partial charge in [-0.05, 0) is 37.0 Å². The fourth-order valence-corrected chi connectivity index (χ4v) is 2.68. The van der Waals surface area contributed by atoms with E-state index in [-0.39, 0.29) is 24.0 Å². The van der Waals surface area contributed by atoms with E-state index in [0.717, 1.165) is 23.8 Å². The summed E-state index contributed by atoms with van der Waals surface area (Å²) in [6.45, 7) is 1.44. The quantitative estimate of drug-likeness (QED) is 0.400. The van der Waals surface area contributed by atoms with Crippen molar-refractivity contribution >= 4 is 29.9 Å². The van der Waals surface area contributed by atoms with Crippen LogP contribution in [0.2, 0.25) is 0 Å². The molecule has 136 valence electrons. The minimum Gasteiger partial charge on any atom is -0.490 e. The van der Waals surface area contributed by atoms with E-state index in [9.17, 15) is 0 Å². The highest BCUT2D eigenvalue weighted by Gasteiger charge is 2.20. The number of guanidine groups is 1. The molecule has 0 spiro atoms. The van der Waals surface area contributed by atoms with E-state index >= 15 is 0 Å². The molecule has 2 N–H and O–H groups in total. The SMILES string of the molecule is CN=C(NCc1ccn(C)c1)NCc1ccccc1OC1CCC1.I. The first-order valence-corrected chi connectivity index (χ1v) is 8.54. The number of halogens is 1. The molecule has 5 nitrogen and oxygen atoms in total. The molecule has 0 unspecified atom stereocenters. The molecule has 1 aromatic heterocycles. The zero-order chi connectivity index (χ0) is 16.8. The fraction of sp³-hybridized carbons (Fsp3) is 0.421. The number of nitrogens with zero attached hydrogens (tertiary/aromatic N) is 2. The van der Waals surface area contributed by atoms with Crippen LogP contribution >= 0.6 is 24.0 Å². The van der Waals surface area contributed by atoms with Crippen molar-refractivity contribution in [3.63, 3.8) is 0 Å². The van der Waals surface area contributed by atoms with Crippen molar-refractivity contribution in [2.24, 2.45) is 12.0 Å². The highest BCUT2D eigenvalue weighted by molar-refractivity contribution is 14.0. The number of hydrogen-bond donors (Lipinski definition) is 2. The minimum absolute atomic E-state index is 0. The molecule has 1 heterocycles. The second-order valence-corrected chi connectivity index (χ2v) is 6.24. The molecule has 0 aliphatic heterocycles. The third-order valence-electron chi connectivity index (χ3n) is 4.34. The van der Waals surface area contributed by atoms with Crippen LogP contribution in [0.5, 0.6) is 5.75 Å². The highest BCUT2D eigenvalue weighted by atomic mass is 127. The van der Waals surface area contributed by atoms with Gasteiger partial charge in [-0.1, -0.05) is 18.2 Å². The number of aromatic nitrogens is 1. The van der Waals surface area contributed by atoms with Gasteiger partial charge in [-0.25, -0.2) is 0 Å². The molecule has 25 heavy (non-hydrogen) atoms. The predicted molar refractivity (Wildman–Crippen MR) is 113 cm³/mol. The van der Waals surface area contributed by atoms with Crippen LogP contribution in [-0.2, 0) is 20.1 Å². The van der Waals surface area contributed by atoms with Crippen molar-refractivity contribution in [1.29, 1.82) is 0 Å². The molecule has 0 atom stereocenters. The second kappa shape index (κ2) is 9.70. The van der Waals surface area contributed by atoms with E-state index < -0.39 is 0 Å². The van der Waals surface area contributed by atoms with E-state index in [1.807, 2.05) is 29.9 Å². The zero-order valence-corrected chi connectivity index (χ0v) is 17.2. The standard InChI is InChI=1S/C19H26N4O.HI/c1-20-19(21-12-15-10-11-23(2)14-15)22-13-16-6-3-4-9-18(16)24-17-7-5-8-17;/h3-4,6,9-11,14,17H,5,7-8,12-13H2,1-2H3,(H2,20,21,22);1H. The van der Waals surface area contributed by atoms with E-state index in [4.69, 9.17) is 4.74 Å². The van der Waals surface area contributed by atoms with Crippen molar-refractivity contribution in [2.45, 2.75) is 38.5 Å². The molecule has 1 aromatic carbocycles. The summed E-state index contributed by atoms with van der Waals surface area (Å²) in [6.07, 6.45) is 8.15. The van der Waals surface area contributed by atoms with Gasteiger partial charge in [0.2, 0.25) is 0 Å². The molecule has 1 aliphatic rings. The summed E-state index contributed by atoms with van der Waals surface area (Å²) in [6, 6.07) is 10.3. The molecule has 1 fully saturated rings. The third-order valence-corrected chi connectivity index (χ3v) is 4.34. The largest absolute Gasteiger partial charge is 0.490 e. The Labute approximate surface area is 166 Å². The van der Waals surface area contributed by atoms with Crippen LogP contribution in [-0.4, -0.2) is 23.7 Å². The molecule has 0 bridgehead atoms. The number of ether oxygens (including phenoxy) is 1. The van der Waals surface area contributed by atoms with Crippen LogP contribution in [0.4, 0.5) is 0 Å². The summed E-state index contributed by atoms with van der Waals surface area (Å²) in [7, 11) is 3.81. The van der Waals surface area contributed by atoms with Crippen molar-refractivity contribution in [1.82, 2.24) is 15.2 Å². The number of hydrogen-bond acceptors (Lipinski definition) is 2. The number of para-hydroxylation sites is 1. The summed E-state index contributed by atoms with van der Waals surface area (Å²) >= 11 is 0. The average molecular weight is 454 g/mol. The van der Waals surface area contributed by atoms with Crippen LogP contribution in [0.15, 0.2) is 47.7 Å². The number of aryl methyl sites for hydroxylation is 1. The third kappa shape index (κ3) is 5.66. The summed E-state index contributed by atoms with van der Waals surface area (Å²) in [5, 5.41) is 6.70. The highest BCUT2D eigenvalue weighted by Crippen LogP contribution is 2.27. The summed E-state index contributed by atoms with van der Waals surface area (Å²) in [5.41, 5.74) is 2.39. The van der Waals surface area contributed by atoms with E-state index in [0.29, 0.717) is 12.6 Å². The number of rotatable bonds is 6. The summed E-state index contributed by atoms with van der Waals surface area (Å²) in [5.74, 6) is 1.77. The summed E-state index contributed by atoms with van der Waals surface area (Å²) in [4.78, 5) is 4.29. The Hall–Kier alpha value is -1.70. The van der Waals surface area contributed by atoms with Crippen molar-refractivity contribution in [2.75, 3.05) is 7.05 Å². The van der Waals surface area contributed by atoms with E-state index in [1.165, 1.54) is 24.8 Å². The van der Waals surface area contributed by atoms with Gasteiger partial charge in [0.05, 0.1) is 6.10 Å². The molecule has 2 aromatic rings. The van der Waals surface area contributed by atoms with Gasteiger partial charge in [-0.2, -0.15) is 0 Å². The van der Waals surface area contributed by atoms with Gasteiger partial charge >= 0.3 is 0 Å². The minimum atomic E-state index is 0. The van der Waals surface area contributed by atoms with Gasteiger partial charge in [-0.15, -0.1) is 24.0 Å². The lowest BCUT2D eigenvalue weighted by Gasteiger charge is -2.27. The number of benzene rings is 1. The predicted octanol–water partition coefficient (Wildman–Crippen LogP) is 3.44. The van der Waals surface area contributed by atoms with Crippen molar-refractivity contribution < 1.29 is 4.74 Å². The van der Waals surface area contributed by atoms with Crippen LogP contribution < -0.4 is 15.4 Å². The topological polar surface area (TPSA) is 50.6 Å². The van der Waals surface area contributed by atoms with Crippen LogP contribution in [0, 0.1) is 0 Å². The molecule has 0 saturated heterocycles. The van der Waals surface area contributed by atoms with Gasteiger partial charge in [0, 0.05) is 45.1 Å². The normalized spacial score (nSPS) is 14.4. The van der Waals surface area contributed by atoms with Gasteiger partial charge in [0.25, 0.3) is 0 Å². The lowest BCUT2D eigenvalue weighted by Crippen LogP contribution is -2.36. The Kier molecular flexibility index (Phi) is 7.61. The Morgan fingerprint density at radius 3 is 2.60 bits per heavy atom. The van der Waals surface area contributed by atoms with Crippen LogP contribution in [0.1, 0.15) is 30.4 Å². The molecule has 1 saturated carbocycles.